The SMILES string of the molecule is CCCCOc1ccc(C2CCC(CCc3ccc(C4CCC(OCCCC)CC4)c(F)c3F)CC2)cc1F. The number of ether oxygens (including phenoxy) is 2. The van der Waals surface area contributed by atoms with Crippen molar-refractivity contribution in [2.24, 2.45) is 5.92 Å². The van der Waals surface area contributed by atoms with Crippen molar-refractivity contribution in [3.8, 4) is 5.75 Å². The molecule has 2 aromatic rings. The van der Waals surface area contributed by atoms with Gasteiger partial charge in [-0.1, -0.05) is 44.9 Å². The van der Waals surface area contributed by atoms with Crippen LogP contribution >= 0.6 is 0 Å². The van der Waals surface area contributed by atoms with E-state index >= 15 is 8.78 Å². The summed E-state index contributed by atoms with van der Waals surface area (Å²) in [5.41, 5.74) is 2.08. The van der Waals surface area contributed by atoms with Crippen LogP contribution in [0, 0.1) is 23.4 Å². The van der Waals surface area contributed by atoms with Crippen LogP contribution in [-0.4, -0.2) is 19.3 Å². The maximum atomic E-state index is 15.1. The van der Waals surface area contributed by atoms with Crippen LogP contribution in [0.5, 0.6) is 5.75 Å². The monoisotopic (exact) mass is 544 g/mol. The van der Waals surface area contributed by atoms with Crippen molar-refractivity contribution >= 4 is 0 Å². The molecule has 0 saturated heterocycles. The van der Waals surface area contributed by atoms with Gasteiger partial charge >= 0.3 is 0 Å². The fourth-order valence-electron chi connectivity index (χ4n) is 6.41. The Bertz CT molecular complexity index is 1020. The molecule has 2 aromatic carbocycles. The van der Waals surface area contributed by atoms with E-state index in [0.29, 0.717) is 41.7 Å². The highest BCUT2D eigenvalue weighted by Gasteiger charge is 2.27. The molecule has 216 valence electrons. The number of aryl methyl sites for hydroxylation is 1. The molecule has 2 fully saturated rings. The Hall–Kier alpha value is -2.01. The van der Waals surface area contributed by atoms with Crippen molar-refractivity contribution in [3.05, 3.63) is 64.5 Å². The predicted molar refractivity (Wildman–Crippen MR) is 152 cm³/mol. The van der Waals surface area contributed by atoms with E-state index in [9.17, 15) is 4.39 Å². The molecule has 0 unspecified atom stereocenters. The maximum Gasteiger partial charge on any atom is 0.165 e. The van der Waals surface area contributed by atoms with Gasteiger partial charge in [-0.15, -0.1) is 0 Å². The van der Waals surface area contributed by atoms with Gasteiger partial charge < -0.3 is 9.47 Å². The third kappa shape index (κ3) is 8.25. The quantitative estimate of drug-likeness (QED) is 0.234. The molecule has 0 aromatic heterocycles. The van der Waals surface area contributed by atoms with Crippen molar-refractivity contribution in [1.29, 1.82) is 0 Å². The largest absolute Gasteiger partial charge is 0.491 e. The Balaban J connectivity index is 1.23. The molecule has 0 spiro atoms. The first kappa shape index (κ1) is 30.0. The average Bonchev–Trinajstić information content (AvgIpc) is 2.96. The number of hydrogen-bond acceptors (Lipinski definition) is 2. The molecule has 0 radical (unpaired) electrons. The van der Waals surface area contributed by atoms with Crippen LogP contribution < -0.4 is 4.74 Å². The van der Waals surface area contributed by atoms with E-state index < -0.39 is 11.6 Å². The number of hydrogen-bond donors (Lipinski definition) is 0. The van der Waals surface area contributed by atoms with Gasteiger partial charge in [-0.3, -0.25) is 0 Å². The summed E-state index contributed by atoms with van der Waals surface area (Å²) in [5, 5.41) is 0. The first-order chi connectivity index (χ1) is 19.0. The zero-order valence-corrected chi connectivity index (χ0v) is 24.0. The van der Waals surface area contributed by atoms with Gasteiger partial charge in [0.05, 0.1) is 12.7 Å². The fourth-order valence-corrected chi connectivity index (χ4v) is 6.41. The van der Waals surface area contributed by atoms with Gasteiger partial charge in [-0.25, -0.2) is 13.2 Å². The molecule has 2 aliphatic rings. The molecule has 4 rings (SSSR count). The Morgan fingerprint density at radius 3 is 2.13 bits per heavy atom. The van der Waals surface area contributed by atoms with Crippen LogP contribution in [0.2, 0.25) is 0 Å². The van der Waals surface area contributed by atoms with Crippen molar-refractivity contribution in [2.75, 3.05) is 13.2 Å². The fraction of sp³-hybridized carbons (Fsp3) is 0.647. The summed E-state index contributed by atoms with van der Waals surface area (Å²) in [7, 11) is 0. The number of unbranched alkanes of at least 4 members (excludes halogenated alkanes) is 2. The summed E-state index contributed by atoms with van der Waals surface area (Å²) in [6.45, 7) is 5.58. The van der Waals surface area contributed by atoms with E-state index in [1.54, 1.807) is 12.1 Å². The Morgan fingerprint density at radius 2 is 1.44 bits per heavy atom. The lowest BCUT2D eigenvalue weighted by Crippen LogP contribution is -2.22. The zero-order chi connectivity index (χ0) is 27.6. The van der Waals surface area contributed by atoms with Gasteiger partial charge in [0.25, 0.3) is 0 Å². The molecule has 2 aliphatic carbocycles. The predicted octanol–water partition coefficient (Wildman–Crippen LogP) is 10.0. The smallest absolute Gasteiger partial charge is 0.165 e. The molecule has 5 heteroatoms. The molecule has 2 nitrogen and oxygen atoms in total. The average molecular weight is 545 g/mol. The van der Waals surface area contributed by atoms with Gasteiger partial charge in [0.2, 0.25) is 0 Å². The molecule has 0 amide bonds. The summed E-state index contributed by atoms with van der Waals surface area (Å²) in [5.74, 6) is -0.314. The molecule has 2 saturated carbocycles. The second kappa shape index (κ2) is 15.1. The number of rotatable bonds is 13. The Labute approximate surface area is 233 Å². The third-order valence-electron chi connectivity index (χ3n) is 9.01. The zero-order valence-electron chi connectivity index (χ0n) is 24.0. The van der Waals surface area contributed by atoms with Crippen molar-refractivity contribution in [2.45, 2.75) is 122 Å². The minimum atomic E-state index is -0.653. The van der Waals surface area contributed by atoms with Crippen molar-refractivity contribution in [1.82, 2.24) is 0 Å². The van der Waals surface area contributed by atoms with Crippen LogP contribution in [0.15, 0.2) is 30.3 Å². The van der Waals surface area contributed by atoms with E-state index in [2.05, 4.69) is 13.8 Å². The number of benzene rings is 2. The van der Waals surface area contributed by atoms with Crippen LogP contribution in [0.25, 0.3) is 0 Å². The normalized spacial score (nSPS) is 23.6. The van der Waals surface area contributed by atoms with Gasteiger partial charge in [-0.05, 0) is 124 Å². The standard InChI is InChI=1S/C34H47F3O2/c1-3-5-21-38-29-17-13-26(14-18-29)30-19-15-27(33(36)34(30)37)12-9-24-7-10-25(11-8-24)28-16-20-32(31(35)23-28)39-22-6-4-2/h15-16,19-20,23-26,29H,3-14,17-18,21-22H2,1-2H3. The van der Waals surface area contributed by atoms with Gasteiger partial charge in [0.1, 0.15) is 0 Å². The highest BCUT2D eigenvalue weighted by Crippen LogP contribution is 2.40. The first-order valence-corrected chi connectivity index (χ1v) is 15.5. The van der Waals surface area contributed by atoms with E-state index in [0.717, 1.165) is 95.6 Å². The third-order valence-corrected chi connectivity index (χ3v) is 9.01. The maximum absolute atomic E-state index is 15.1. The van der Waals surface area contributed by atoms with Crippen LogP contribution in [-0.2, 0) is 11.2 Å². The lowest BCUT2D eigenvalue weighted by molar-refractivity contribution is 0.0230. The summed E-state index contributed by atoms with van der Waals surface area (Å²) in [6.07, 6.45) is 13.4. The lowest BCUT2D eigenvalue weighted by Gasteiger charge is -2.30. The van der Waals surface area contributed by atoms with E-state index in [1.807, 2.05) is 18.2 Å². The van der Waals surface area contributed by atoms with Crippen molar-refractivity contribution in [3.63, 3.8) is 0 Å². The molecule has 0 bridgehead atoms. The summed E-state index contributed by atoms with van der Waals surface area (Å²) >= 11 is 0. The Morgan fingerprint density at radius 1 is 0.744 bits per heavy atom. The molecular formula is C34H47F3O2. The second-order valence-corrected chi connectivity index (χ2v) is 11.8. The molecule has 39 heavy (non-hydrogen) atoms. The minimum Gasteiger partial charge on any atom is -0.491 e. The Kier molecular flexibility index (Phi) is 11.6. The summed E-state index contributed by atoms with van der Waals surface area (Å²) in [6, 6.07) is 9.05. The topological polar surface area (TPSA) is 18.5 Å². The molecular weight excluding hydrogens is 497 g/mol. The second-order valence-electron chi connectivity index (χ2n) is 11.8. The first-order valence-electron chi connectivity index (χ1n) is 15.5. The van der Waals surface area contributed by atoms with Gasteiger partial charge in [0.15, 0.2) is 23.2 Å². The van der Waals surface area contributed by atoms with E-state index in [-0.39, 0.29) is 17.8 Å². The minimum absolute atomic E-state index is 0.0802. The van der Waals surface area contributed by atoms with Gasteiger partial charge in [0, 0.05) is 6.61 Å². The van der Waals surface area contributed by atoms with Crippen molar-refractivity contribution < 1.29 is 22.6 Å². The summed E-state index contributed by atoms with van der Waals surface area (Å²) in [4.78, 5) is 0. The van der Waals surface area contributed by atoms with Crippen LogP contribution in [0.1, 0.15) is 126 Å². The molecule has 0 heterocycles. The van der Waals surface area contributed by atoms with E-state index in [1.165, 1.54) is 0 Å². The lowest BCUT2D eigenvalue weighted by atomic mass is 9.76. The molecule has 0 aliphatic heterocycles. The summed E-state index contributed by atoms with van der Waals surface area (Å²) < 4.78 is 56.2. The van der Waals surface area contributed by atoms with Gasteiger partial charge in [-0.2, -0.15) is 0 Å². The van der Waals surface area contributed by atoms with Crippen LogP contribution in [0.3, 0.4) is 0 Å². The highest BCUT2D eigenvalue weighted by atomic mass is 19.2. The molecule has 0 N–H and O–H groups in total. The highest BCUT2D eigenvalue weighted by molar-refractivity contribution is 5.32. The number of halogens is 3. The van der Waals surface area contributed by atoms with Crippen LogP contribution in [0.4, 0.5) is 13.2 Å². The van der Waals surface area contributed by atoms with E-state index in [4.69, 9.17) is 9.47 Å². The molecule has 0 atom stereocenters.